The summed E-state index contributed by atoms with van der Waals surface area (Å²) in [7, 11) is 0. The average Bonchev–Trinajstić information content (AvgIpc) is 2.62. The van der Waals surface area contributed by atoms with Crippen LogP contribution in [0, 0.1) is 5.82 Å². The van der Waals surface area contributed by atoms with Crippen molar-refractivity contribution in [2.75, 3.05) is 5.75 Å². The van der Waals surface area contributed by atoms with Gasteiger partial charge in [-0.3, -0.25) is 9.78 Å². The lowest BCUT2D eigenvalue weighted by Gasteiger charge is -2.25. The Kier molecular flexibility index (Phi) is 3.90. The Balaban J connectivity index is 1.61. The van der Waals surface area contributed by atoms with Crippen molar-refractivity contribution in [3.63, 3.8) is 0 Å². The smallest absolute Gasteiger partial charge is 0.271 e. The van der Waals surface area contributed by atoms with E-state index >= 15 is 0 Å². The third kappa shape index (κ3) is 2.85. The fourth-order valence-corrected chi connectivity index (χ4v) is 3.92. The van der Waals surface area contributed by atoms with Crippen molar-refractivity contribution in [3.05, 3.63) is 65.7 Å². The standard InChI is InChI=1S/C18H14FN3OS/c19-11-5-6-17-12(9-11)13(7-8-24-17)22-18(23)16-10-20-14-3-1-2-4-15(14)21-16/h1-6,9-10,13H,7-8H2,(H,22,23)/t13-/m0/s1. The molecule has 6 heteroatoms. The van der Waals surface area contributed by atoms with Crippen LogP contribution in [0.3, 0.4) is 0 Å². The molecule has 4 nitrogen and oxygen atoms in total. The SMILES string of the molecule is O=C(N[C@H]1CCSc2ccc(F)cc21)c1cnc2ccccc2n1. The number of halogens is 1. The number of nitrogens with one attached hydrogen (secondary N) is 1. The van der Waals surface area contributed by atoms with Crippen LogP contribution in [0.5, 0.6) is 0 Å². The number of carbonyl (C=O) groups is 1. The van der Waals surface area contributed by atoms with E-state index in [0.29, 0.717) is 5.52 Å². The Morgan fingerprint density at radius 1 is 1.21 bits per heavy atom. The van der Waals surface area contributed by atoms with Gasteiger partial charge in [0.2, 0.25) is 0 Å². The van der Waals surface area contributed by atoms with Crippen LogP contribution in [0.25, 0.3) is 11.0 Å². The monoisotopic (exact) mass is 339 g/mol. The summed E-state index contributed by atoms with van der Waals surface area (Å²) in [6, 6.07) is 11.9. The zero-order valence-electron chi connectivity index (χ0n) is 12.7. The first-order valence-corrected chi connectivity index (χ1v) is 8.64. The largest absolute Gasteiger partial charge is 0.344 e. The molecule has 1 aliphatic rings. The maximum absolute atomic E-state index is 13.6. The van der Waals surface area contributed by atoms with E-state index in [4.69, 9.17) is 0 Å². The van der Waals surface area contributed by atoms with E-state index in [1.165, 1.54) is 18.3 Å². The van der Waals surface area contributed by atoms with Gasteiger partial charge in [-0.2, -0.15) is 0 Å². The van der Waals surface area contributed by atoms with Gasteiger partial charge in [0.25, 0.3) is 5.91 Å². The maximum atomic E-state index is 13.6. The number of amides is 1. The number of aromatic nitrogens is 2. The number of thioether (sulfide) groups is 1. The minimum Gasteiger partial charge on any atom is -0.344 e. The van der Waals surface area contributed by atoms with Gasteiger partial charge in [-0.25, -0.2) is 9.37 Å². The van der Waals surface area contributed by atoms with Crippen molar-refractivity contribution >= 4 is 28.7 Å². The van der Waals surface area contributed by atoms with Gasteiger partial charge in [-0.15, -0.1) is 11.8 Å². The van der Waals surface area contributed by atoms with Gasteiger partial charge in [0.05, 0.1) is 23.3 Å². The summed E-state index contributed by atoms with van der Waals surface area (Å²) < 4.78 is 13.6. The van der Waals surface area contributed by atoms with Crippen LogP contribution in [-0.2, 0) is 0 Å². The Morgan fingerprint density at radius 2 is 2.04 bits per heavy atom. The molecule has 0 fully saturated rings. The molecule has 1 atom stereocenters. The number of rotatable bonds is 2. The molecule has 0 unspecified atom stereocenters. The Labute approximate surface area is 142 Å². The highest BCUT2D eigenvalue weighted by molar-refractivity contribution is 7.99. The number of hydrogen-bond donors (Lipinski definition) is 1. The molecule has 0 aliphatic carbocycles. The number of benzene rings is 2. The second kappa shape index (κ2) is 6.20. The van der Waals surface area contributed by atoms with E-state index in [1.54, 1.807) is 17.8 Å². The normalized spacial score (nSPS) is 16.6. The Hall–Kier alpha value is -2.47. The molecule has 3 aromatic rings. The lowest BCUT2D eigenvalue weighted by Crippen LogP contribution is -2.31. The molecule has 0 radical (unpaired) electrons. The Bertz CT molecular complexity index is 931. The molecule has 120 valence electrons. The van der Waals surface area contributed by atoms with Crippen molar-refractivity contribution in [2.45, 2.75) is 17.4 Å². The minimum absolute atomic E-state index is 0.210. The molecule has 1 aromatic heterocycles. The number of carbonyl (C=O) groups excluding carboxylic acids is 1. The highest BCUT2D eigenvalue weighted by Crippen LogP contribution is 2.36. The molecule has 0 saturated carbocycles. The van der Waals surface area contributed by atoms with E-state index in [-0.39, 0.29) is 23.5 Å². The van der Waals surface area contributed by atoms with Crippen LogP contribution >= 0.6 is 11.8 Å². The van der Waals surface area contributed by atoms with E-state index in [0.717, 1.165) is 28.1 Å². The highest BCUT2D eigenvalue weighted by Gasteiger charge is 2.24. The minimum atomic E-state index is -0.291. The molecule has 2 heterocycles. The van der Waals surface area contributed by atoms with Gasteiger partial charge in [-0.1, -0.05) is 12.1 Å². The number of fused-ring (bicyclic) bond motifs is 2. The zero-order chi connectivity index (χ0) is 16.5. The molecule has 1 amide bonds. The molecule has 0 bridgehead atoms. The van der Waals surface area contributed by atoms with Crippen molar-refractivity contribution in [1.29, 1.82) is 0 Å². The molecule has 1 N–H and O–H groups in total. The van der Waals surface area contributed by atoms with Gasteiger partial charge in [0, 0.05) is 10.6 Å². The maximum Gasteiger partial charge on any atom is 0.271 e. The van der Waals surface area contributed by atoms with Gasteiger partial charge in [-0.05, 0) is 42.3 Å². The second-order valence-electron chi connectivity index (χ2n) is 5.59. The number of hydrogen-bond acceptors (Lipinski definition) is 4. The average molecular weight is 339 g/mol. The topological polar surface area (TPSA) is 54.9 Å². The lowest BCUT2D eigenvalue weighted by atomic mass is 10.0. The summed E-state index contributed by atoms with van der Waals surface area (Å²) in [5, 5.41) is 2.96. The second-order valence-corrected chi connectivity index (χ2v) is 6.73. The van der Waals surface area contributed by atoms with Crippen molar-refractivity contribution in [1.82, 2.24) is 15.3 Å². The summed E-state index contributed by atoms with van der Waals surface area (Å²) in [5.74, 6) is 0.300. The van der Waals surface area contributed by atoms with Gasteiger partial charge >= 0.3 is 0 Å². The molecule has 4 rings (SSSR count). The van der Waals surface area contributed by atoms with Crippen molar-refractivity contribution in [2.24, 2.45) is 0 Å². The van der Waals surface area contributed by atoms with Gasteiger partial charge in [0.1, 0.15) is 11.5 Å². The molecule has 0 spiro atoms. The van der Waals surface area contributed by atoms with Crippen LogP contribution in [0.1, 0.15) is 28.5 Å². The van der Waals surface area contributed by atoms with Crippen LogP contribution in [0.2, 0.25) is 0 Å². The summed E-state index contributed by atoms with van der Waals surface area (Å²) in [5.41, 5.74) is 2.52. The van der Waals surface area contributed by atoms with Crippen molar-refractivity contribution in [3.8, 4) is 0 Å². The molecular formula is C18H14FN3OS. The summed E-state index contributed by atoms with van der Waals surface area (Å²) in [6.45, 7) is 0. The zero-order valence-corrected chi connectivity index (χ0v) is 13.5. The number of para-hydroxylation sites is 2. The van der Waals surface area contributed by atoms with E-state index < -0.39 is 0 Å². The summed E-state index contributed by atoms with van der Waals surface area (Å²) >= 11 is 1.68. The third-order valence-electron chi connectivity index (χ3n) is 4.00. The summed E-state index contributed by atoms with van der Waals surface area (Å²) in [6.07, 6.45) is 2.23. The first-order valence-electron chi connectivity index (χ1n) is 7.65. The molecule has 24 heavy (non-hydrogen) atoms. The van der Waals surface area contributed by atoms with E-state index in [2.05, 4.69) is 15.3 Å². The summed E-state index contributed by atoms with van der Waals surface area (Å²) in [4.78, 5) is 22.2. The van der Waals surface area contributed by atoms with E-state index in [1.807, 2.05) is 24.3 Å². The molecule has 0 saturated heterocycles. The van der Waals surface area contributed by atoms with Crippen LogP contribution < -0.4 is 5.32 Å². The van der Waals surface area contributed by atoms with Crippen LogP contribution in [-0.4, -0.2) is 21.6 Å². The van der Waals surface area contributed by atoms with Crippen LogP contribution in [0.15, 0.2) is 53.6 Å². The molecule has 1 aliphatic heterocycles. The molecular weight excluding hydrogens is 325 g/mol. The lowest BCUT2D eigenvalue weighted by molar-refractivity contribution is 0.0930. The first kappa shape index (κ1) is 15.1. The third-order valence-corrected chi connectivity index (χ3v) is 5.12. The van der Waals surface area contributed by atoms with E-state index in [9.17, 15) is 9.18 Å². The fraction of sp³-hybridized carbons (Fsp3) is 0.167. The predicted octanol–water partition coefficient (Wildman–Crippen LogP) is 3.74. The van der Waals surface area contributed by atoms with Crippen molar-refractivity contribution < 1.29 is 9.18 Å². The van der Waals surface area contributed by atoms with Gasteiger partial charge < -0.3 is 5.32 Å². The Morgan fingerprint density at radius 3 is 2.92 bits per heavy atom. The quantitative estimate of drug-likeness (QED) is 0.773. The first-order chi connectivity index (χ1) is 11.7. The molecule has 2 aromatic carbocycles. The predicted molar refractivity (Wildman–Crippen MR) is 91.5 cm³/mol. The fourth-order valence-electron chi connectivity index (χ4n) is 2.81. The number of nitrogens with zero attached hydrogens (tertiary/aromatic N) is 2. The van der Waals surface area contributed by atoms with Gasteiger partial charge in [0.15, 0.2) is 0 Å². The van der Waals surface area contributed by atoms with Crippen LogP contribution in [0.4, 0.5) is 4.39 Å². The highest BCUT2D eigenvalue weighted by atomic mass is 32.2.